The smallest absolute Gasteiger partial charge is 0.345 e. The molecule has 3 aromatic rings. The minimum atomic E-state index is -4.98. The number of hydrogen-bond donors (Lipinski definition) is 2. The summed E-state index contributed by atoms with van der Waals surface area (Å²) in [5.41, 5.74) is 1.03. The fourth-order valence-corrected chi connectivity index (χ4v) is 3.89. The topological polar surface area (TPSA) is 79.0 Å². The zero-order chi connectivity index (χ0) is 19.8. The molecule has 27 heavy (non-hydrogen) atoms. The summed E-state index contributed by atoms with van der Waals surface area (Å²) >= 11 is 0. The number of alkyl halides is 3. The Bertz CT molecular complexity index is 1050. The Labute approximate surface area is 153 Å². The van der Waals surface area contributed by atoms with Crippen molar-refractivity contribution in [3.8, 4) is 0 Å². The van der Waals surface area contributed by atoms with Gasteiger partial charge in [0.25, 0.3) is 0 Å². The van der Waals surface area contributed by atoms with E-state index in [4.69, 9.17) is 0 Å². The normalized spacial score (nSPS) is 13.5. The average Bonchev–Trinajstić information content (AvgIpc) is 3.06. The van der Waals surface area contributed by atoms with Crippen LogP contribution in [-0.2, 0) is 14.6 Å². The summed E-state index contributed by atoms with van der Waals surface area (Å²) in [7, 11) is -3.81. The van der Waals surface area contributed by atoms with Gasteiger partial charge in [-0.2, -0.15) is 13.2 Å². The molecule has 1 atom stereocenters. The summed E-state index contributed by atoms with van der Waals surface area (Å²) in [6.45, 7) is 1.38. The van der Waals surface area contributed by atoms with Crippen LogP contribution < -0.4 is 5.32 Å². The van der Waals surface area contributed by atoms with Gasteiger partial charge >= 0.3 is 12.1 Å². The van der Waals surface area contributed by atoms with E-state index in [1.54, 1.807) is 24.3 Å². The number of nitrogens with one attached hydrogen (secondary N) is 2. The Balaban J connectivity index is 1.84. The molecule has 1 amide bonds. The molecule has 142 valence electrons. The van der Waals surface area contributed by atoms with Crippen LogP contribution in [0.4, 0.5) is 13.2 Å². The first-order chi connectivity index (χ1) is 12.6. The molecule has 0 saturated heterocycles. The molecule has 0 aliphatic heterocycles. The molecule has 2 aromatic carbocycles. The highest BCUT2D eigenvalue weighted by molar-refractivity contribution is 7.91. The first kappa shape index (κ1) is 19.0. The molecule has 1 heterocycles. The van der Waals surface area contributed by atoms with E-state index in [2.05, 4.69) is 4.98 Å². The van der Waals surface area contributed by atoms with Gasteiger partial charge in [0.15, 0.2) is 0 Å². The number of H-pyrrole nitrogens is 1. The van der Waals surface area contributed by atoms with Crippen LogP contribution in [0.15, 0.2) is 64.5 Å². The summed E-state index contributed by atoms with van der Waals surface area (Å²) < 4.78 is 62.5. The van der Waals surface area contributed by atoms with E-state index in [0.29, 0.717) is 11.1 Å². The number of para-hydroxylation sites is 1. The number of carbonyl (C=O) groups is 1. The lowest BCUT2D eigenvalue weighted by molar-refractivity contribution is -0.174. The molecular formula is C18H15F3N2O3S. The van der Waals surface area contributed by atoms with E-state index in [-0.39, 0.29) is 9.92 Å². The van der Waals surface area contributed by atoms with Gasteiger partial charge in [-0.15, -0.1) is 0 Å². The fraction of sp³-hybridized carbons (Fsp3) is 0.167. The minimum Gasteiger partial charge on any atom is -0.345 e. The standard InChI is InChI=1S/C18H15F3N2O3S/c1-11(22-17(24)18(19,20)21)12-6-8-14(9-7-12)27(25,26)16-10-13-4-2-3-5-15(13)23-16/h2-11,23H,1H3,(H,22,24)/t11-/m0/s1. The highest BCUT2D eigenvalue weighted by Crippen LogP contribution is 2.26. The van der Waals surface area contributed by atoms with E-state index in [9.17, 15) is 26.4 Å². The summed E-state index contributed by atoms with van der Waals surface area (Å²) in [5.74, 6) is -2.05. The molecule has 0 fully saturated rings. The number of aromatic amines is 1. The number of hydrogen-bond acceptors (Lipinski definition) is 3. The van der Waals surface area contributed by atoms with Crippen molar-refractivity contribution < 1.29 is 26.4 Å². The summed E-state index contributed by atoms with van der Waals surface area (Å²) in [6, 6.07) is 13.0. The van der Waals surface area contributed by atoms with Crippen LogP contribution in [0.1, 0.15) is 18.5 Å². The molecular weight excluding hydrogens is 381 g/mol. The molecule has 5 nitrogen and oxygen atoms in total. The molecule has 2 N–H and O–H groups in total. The number of amides is 1. The number of carbonyl (C=O) groups excluding carboxylic acids is 1. The molecule has 3 rings (SSSR count). The van der Waals surface area contributed by atoms with Crippen LogP contribution in [0.3, 0.4) is 0 Å². The van der Waals surface area contributed by atoms with Gasteiger partial charge in [-0.3, -0.25) is 4.79 Å². The van der Waals surface area contributed by atoms with E-state index in [1.807, 2.05) is 5.32 Å². The van der Waals surface area contributed by atoms with Crippen LogP contribution in [0.25, 0.3) is 10.9 Å². The highest BCUT2D eigenvalue weighted by atomic mass is 32.2. The fourth-order valence-electron chi connectivity index (χ4n) is 2.62. The van der Waals surface area contributed by atoms with E-state index < -0.39 is 28.0 Å². The molecule has 0 aliphatic rings. The first-order valence-electron chi connectivity index (χ1n) is 7.89. The minimum absolute atomic E-state index is 0.00726. The van der Waals surface area contributed by atoms with Crippen molar-refractivity contribution in [2.24, 2.45) is 0 Å². The Morgan fingerprint density at radius 3 is 2.30 bits per heavy atom. The van der Waals surface area contributed by atoms with Gasteiger partial charge in [-0.05, 0) is 36.8 Å². The number of rotatable bonds is 4. The Morgan fingerprint density at radius 1 is 1.07 bits per heavy atom. The van der Waals surface area contributed by atoms with Gasteiger partial charge in [-0.25, -0.2) is 8.42 Å². The second-order valence-electron chi connectivity index (χ2n) is 5.99. The van der Waals surface area contributed by atoms with Crippen molar-refractivity contribution in [3.63, 3.8) is 0 Å². The molecule has 0 unspecified atom stereocenters. The van der Waals surface area contributed by atoms with Gasteiger partial charge in [0, 0.05) is 10.9 Å². The van der Waals surface area contributed by atoms with Gasteiger partial charge in [0.05, 0.1) is 10.9 Å². The first-order valence-corrected chi connectivity index (χ1v) is 9.38. The summed E-state index contributed by atoms with van der Waals surface area (Å²) in [4.78, 5) is 13.8. The van der Waals surface area contributed by atoms with Crippen LogP contribution in [0.5, 0.6) is 0 Å². The lowest BCUT2D eigenvalue weighted by Gasteiger charge is -2.16. The number of fused-ring (bicyclic) bond motifs is 1. The second kappa shape index (κ2) is 6.73. The summed E-state index contributed by atoms with van der Waals surface area (Å²) in [5, 5.41) is 2.59. The lowest BCUT2D eigenvalue weighted by Crippen LogP contribution is -2.38. The number of aromatic nitrogens is 1. The third-order valence-electron chi connectivity index (χ3n) is 4.09. The van der Waals surface area contributed by atoms with Gasteiger partial charge in [-0.1, -0.05) is 30.3 Å². The molecule has 9 heteroatoms. The third kappa shape index (κ3) is 3.82. The van der Waals surface area contributed by atoms with Crippen molar-refractivity contribution in [2.45, 2.75) is 29.1 Å². The van der Waals surface area contributed by atoms with Crippen molar-refractivity contribution in [2.75, 3.05) is 0 Å². The average molecular weight is 396 g/mol. The maximum Gasteiger partial charge on any atom is 0.471 e. The van der Waals surface area contributed by atoms with Crippen molar-refractivity contribution in [3.05, 3.63) is 60.2 Å². The van der Waals surface area contributed by atoms with Crippen LogP contribution in [-0.4, -0.2) is 25.5 Å². The second-order valence-corrected chi connectivity index (χ2v) is 7.90. The monoisotopic (exact) mass is 396 g/mol. The largest absolute Gasteiger partial charge is 0.471 e. The molecule has 0 spiro atoms. The van der Waals surface area contributed by atoms with Crippen molar-refractivity contribution in [1.29, 1.82) is 0 Å². The number of halogens is 3. The zero-order valence-electron chi connectivity index (χ0n) is 14.0. The van der Waals surface area contributed by atoms with Gasteiger partial charge < -0.3 is 10.3 Å². The highest BCUT2D eigenvalue weighted by Gasteiger charge is 2.39. The Morgan fingerprint density at radius 2 is 1.70 bits per heavy atom. The maximum absolute atomic E-state index is 12.7. The summed E-state index contributed by atoms with van der Waals surface area (Å²) in [6.07, 6.45) is -4.98. The Hall–Kier alpha value is -2.81. The lowest BCUT2D eigenvalue weighted by atomic mass is 10.1. The van der Waals surface area contributed by atoms with Crippen LogP contribution in [0, 0.1) is 0 Å². The van der Waals surface area contributed by atoms with Crippen molar-refractivity contribution >= 4 is 26.6 Å². The van der Waals surface area contributed by atoms with Gasteiger partial charge in [0.2, 0.25) is 9.84 Å². The molecule has 0 radical (unpaired) electrons. The van der Waals surface area contributed by atoms with Crippen LogP contribution in [0.2, 0.25) is 0 Å². The van der Waals surface area contributed by atoms with Crippen molar-refractivity contribution in [1.82, 2.24) is 10.3 Å². The number of benzene rings is 2. The Kier molecular flexibility index (Phi) is 4.73. The molecule has 0 saturated carbocycles. The van der Waals surface area contributed by atoms with Gasteiger partial charge in [0.1, 0.15) is 5.03 Å². The third-order valence-corrected chi connectivity index (χ3v) is 5.78. The SMILES string of the molecule is C[C@H](NC(=O)C(F)(F)F)c1ccc(S(=O)(=O)c2cc3ccccc3[nH]2)cc1. The van der Waals surface area contributed by atoms with E-state index >= 15 is 0 Å². The van der Waals surface area contributed by atoms with Crippen LogP contribution >= 0.6 is 0 Å². The molecule has 0 bridgehead atoms. The van der Waals surface area contributed by atoms with E-state index in [0.717, 1.165) is 5.39 Å². The predicted octanol–water partition coefficient (Wildman–Crippen LogP) is 3.74. The zero-order valence-corrected chi connectivity index (χ0v) is 14.9. The maximum atomic E-state index is 12.7. The molecule has 1 aromatic heterocycles. The quantitative estimate of drug-likeness (QED) is 0.705. The molecule has 0 aliphatic carbocycles. The number of sulfone groups is 1. The van der Waals surface area contributed by atoms with E-state index in [1.165, 1.54) is 37.3 Å². The predicted molar refractivity (Wildman–Crippen MR) is 92.8 cm³/mol.